The van der Waals surface area contributed by atoms with Crippen molar-refractivity contribution in [3.8, 4) is 17.0 Å². The number of hydrogen-bond donors (Lipinski definition) is 1. The maximum absolute atomic E-state index is 13.2. The molecule has 0 spiro atoms. The van der Waals surface area contributed by atoms with E-state index in [-0.39, 0.29) is 5.65 Å². The second kappa shape index (κ2) is 8.41. The third kappa shape index (κ3) is 4.43. The van der Waals surface area contributed by atoms with Gasteiger partial charge in [0, 0.05) is 11.6 Å². The van der Waals surface area contributed by atoms with Crippen LogP contribution in [0.25, 0.3) is 16.9 Å². The highest BCUT2D eigenvalue weighted by molar-refractivity contribution is 5.91. The minimum Gasteiger partial charge on any atom is -0.497 e. The Morgan fingerprint density at radius 3 is 2.48 bits per heavy atom. The van der Waals surface area contributed by atoms with Crippen molar-refractivity contribution in [2.75, 3.05) is 12.4 Å². The fourth-order valence-electron chi connectivity index (χ4n) is 3.38. The van der Waals surface area contributed by atoms with Crippen molar-refractivity contribution in [1.29, 1.82) is 0 Å². The first kappa shape index (κ1) is 22.1. The molecule has 0 aliphatic carbocycles. The number of aromatic nitrogens is 4. The van der Waals surface area contributed by atoms with Crippen molar-refractivity contribution in [3.05, 3.63) is 76.5 Å². The van der Waals surface area contributed by atoms with Crippen molar-refractivity contribution in [2.45, 2.75) is 19.6 Å². The Kier molecular flexibility index (Phi) is 5.62. The molecule has 0 aliphatic heterocycles. The summed E-state index contributed by atoms with van der Waals surface area (Å²) in [5.41, 5.74) is -0.429. The number of alkyl halides is 3. The predicted octanol–water partition coefficient (Wildman–Crippen LogP) is 3.53. The van der Waals surface area contributed by atoms with Crippen LogP contribution in [0.3, 0.4) is 0 Å². The molecule has 2 aromatic carbocycles. The number of nitrogens with one attached hydrogen (secondary N) is 1. The monoisotopic (exact) mass is 457 g/mol. The van der Waals surface area contributed by atoms with Gasteiger partial charge in [-0.15, -0.1) is 5.10 Å². The summed E-state index contributed by atoms with van der Waals surface area (Å²) in [5, 5.41) is 6.37. The molecular weight excluding hydrogens is 439 g/mol. The highest BCUT2D eigenvalue weighted by Crippen LogP contribution is 2.34. The molecule has 0 unspecified atom stereocenters. The molecule has 4 aromatic rings. The molecule has 2 aromatic heterocycles. The smallest absolute Gasteiger partial charge is 0.418 e. The highest BCUT2D eigenvalue weighted by Gasteiger charge is 2.33. The Bertz CT molecular complexity index is 1390. The summed E-state index contributed by atoms with van der Waals surface area (Å²) >= 11 is 0. The second-order valence-corrected chi connectivity index (χ2v) is 7.14. The molecule has 11 heteroatoms. The van der Waals surface area contributed by atoms with Crippen LogP contribution in [-0.4, -0.2) is 32.2 Å². The van der Waals surface area contributed by atoms with Gasteiger partial charge in [0.1, 0.15) is 18.1 Å². The Morgan fingerprint density at radius 2 is 1.82 bits per heavy atom. The summed E-state index contributed by atoms with van der Waals surface area (Å²) in [5.74, 6) is 0.200. The van der Waals surface area contributed by atoms with Gasteiger partial charge in [-0.1, -0.05) is 12.1 Å². The molecule has 0 saturated heterocycles. The standard InChI is InChI=1S/C22H18F3N5O3/c1-13-26-18(14-7-9-15(33-2)10-8-14)11-19-28-29(21(32)30(13)19)12-20(31)27-17-6-4-3-5-16(17)22(23,24)25/h3-11H,12H2,1-2H3,(H,27,31). The number of halogens is 3. The summed E-state index contributed by atoms with van der Waals surface area (Å²) in [6, 6.07) is 13.3. The van der Waals surface area contributed by atoms with Gasteiger partial charge >= 0.3 is 11.9 Å². The number of para-hydroxylation sites is 1. The van der Waals surface area contributed by atoms with Crippen LogP contribution in [0.1, 0.15) is 11.4 Å². The minimum atomic E-state index is -4.63. The zero-order chi connectivity index (χ0) is 23.8. The third-order valence-electron chi connectivity index (χ3n) is 4.92. The van der Waals surface area contributed by atoms with Crippen LogP contribution in [-0.2, 0) is 17.5 Å². The van der Waals surface area contributed by atoms with E-state index in [4.69, 9.17) is 4.74 Å². The summed E-state index contributed by atoms with van der Waals surface area (Å²) in [6.07, 6.45) is -4.63. The number of aryl methyl sites for hydroxylation is 1. The van der Waals surface area contributed by atoms with Crippen LogP contribution in [0.2, 0.25) is 0 Å². The number of carbonyl (C=O) groups is 1. The van der Waals surface area contributed by atoms with Crippen molar-refractivity contribution in [1.82, 2.24) is 19.2 Å². The van der Waals surface area contributed by atoms with E-state index in [1.807, 2.05) is 0 Å². The molecule has 4 rings (SSSR count). The van der Waals surface area contributed by atoms with E-state index in [9.17, 15) is 22.8 Å². The molecule has 0 radical (unpaired) electrons. The summed E-state index contributed by atoms with van der Waals surface area (Å²) in [7, 11) is 1.56. The Labute approximate surface area is 185 Å². The van der Waals surface area contributed by atoms with Crippen molar-refractivity contribution in [3.63, 3.8) is 0 Å². The fourth-order valence-corrected chi connectivity index (χ4v) is 3.38. The van der Waals surface area contributed by atoms with Crippen LogP contribution in [0.15, 0.2) is 59.4 Å². The van der Waals surface area contributed by atoms with Gasteiger partial charge in [0.25, 0.3) is 0 Å². The predicted molar refractivity (Wildman–Crippen MR) is 114 cm³/mol. The second-order valence-electron chi connectivity index (χ2n) is 7.14. The Balaban J connectivity index is 1.63. The molecule has 2 heterocycles. The maximum Gasteiger partial charge on any atom is 0.418 e. The van der Waals surface area contributed by atoms with Gasteiger partial charge in [-0.3, -0.25) is 4.79 Å². The van der Waals surface area contributed by atoms with Crippen LogP contribution >= 0.6 is 0 Å². The highest BCUT2D eigenvalue weighted by atomic mass is 19.4. The normalized spacial score (nSPS) is 11.5. The number of hydrogen-bond acceptors (Lipinski definition) is 5. The van der Waals surface area contributed by atoms with E-state index in [1.165, 1.54) is 16.5 Å². The first-order chi connectivity index (χ1) is 15.7. The lowest BCUT2D eigenvalue weighted by Crippen LogP contribution is -2.29. The zero-order valence-electron chi connectivity index (χ0n) is 17.6. The van der Waals surface area contributed by atoms with Gasteiger partial charge < -0.3 is 10.1 Å². The topological polar surface area (TPSA) is 90.5 Å². The molecule has 1 amide bonds. The number of rotatable bonds is 5. The van der Waals surface area contributed by atoms with Gasteiger partial charge in [0.05, 0.1) is 24.1 Å². The zero-order valence-corrected chi connectivity index (χ0v) is 17.6. The fraction of sp³-hybridized carbons (Fsp3) is 0.182. The van der Waals surface area contributed by atoms with Crippen LogP contribution in [0, 0.1) is 6.92 Å². The number of benzene rings is 2. The number of nitrogens with zero attached hydrogens (tertiary/aromatic N) is 4. The van der Waals surface area contributed by atoms with E-state index >= 15 is 0 Å². The third-order valence-corrected chi connectivity index (χ3v) is 4.92. The van der Waals surface area contributed by atoms with Gasteiger partial charge in [-0.2, -0.15) is 13.2 Å². The average molecular weight is 457 g/mol. The SMILES string of the molecule is COc1ccc(-c2cc3nn(CC(=O)Nc4ccccc4C(F)(F)F)c(=O)n3c(C)n2)cc1. The van der Waals surface area contributed by atoms with Crippen molar-refractivity contribution < 1.29 is 22.7 Å². The number of carbonyl (C=O) groups excluding carboxylic acids is 1. The molecule has 0 saturated carbocycles. The van der Waals surface area contributed by atoms with Crippen molar-refractivity contribution in [2.24, 2.45) is 0 Å². The van der Waals surface area contributed by atoms with E-state index in [1.54, 1.807) is 44.4 Å². The molecule has 170 valence electrons. The van der Waals surface area contributed by atoms with Crippen LogP contribution < -0.4 is 15.7 Å². The molecule has 0 bridgehead atoms. The summed E-state index contributed by atoms with van der Waals surface area (Å²) < 4.78 is 46.7. The number of ether oxygens (including phenoxy) is 1. The Morgan fingerprint density at radius 1 is 1.12 bits per heavy atom. The largest absolute Gasteiger partial charge is 0.497 e. The van der Waals surface area contributed by atoms with Gasteiger partial charge in [0.15, 0.2) is 5.65 Å². The van der Waals surface area contributed by atoms with Crippen LogP contribution in [0.4, 0.5) is 18.9 Å². The maximum atomic E-state index is 13.2. The lowest BCUT2D eigenvalue weighted by molar-refractivity contribution is -0.137. The van der Waals surface area contributed by atoms with E-state index in [0.717, 1.165) is 22.4 Å². The van der Waals surface area contributed by atoms with E-state index in [2.05, 4.69) is 15.4 Å². The number of fused-ring (bicyclic) bond motifs is 1. The molecule has 33 heavy (non-hydrogen) atoms. The molecule has 0 atom stereocenters. The lowest BCUT2D eigenvalue weighted by atomic mass is 10.1. The minimum absolute atomic E-state index is 0.252. The molecule has 8 nitrogen and oxygen atoms in total. The number of anilines is 1. The average Bonchev–Trinajstić information content (AvgIpc) is 3.08. The molecule has 1 N–H and O–H groups in total. The first-order valence-corrected chi connectivity index (χ1v) is 9.75. The molecule has 0 aliphatic rings. The molecule has 0 fully saturated rings. The van der Waals surface area contributed by atoms with Gasteiger partial charge in [-0.05, 0) is 43.3 Å². The number of methoxy groups -OCH3 is 1. The Hall–Kier alpha value is -4.15. The molecular formula is C22H18F3N5O3. The summed E-state index contributed by atoms with van der Waals surface area (Å²) in [6.45, 7) is 1.05. The van der Waals surface area contributed by atoms with Gasteiger partial charge in [-0.25, -0.2) is 18.9 Å². The summed E-state index contributed by atoms with van der Waals surface area (Å²) in [4.78, 5) is 29.6. The lowest BCUT2D eigenvalue weighted by Gasteiger charge is -2.13. The quantitative estimate of drug-likeness (QED) is 0.495. The number of amides is 1. The van der Waals surface area contributed by atoms with Gasteiger partial charge in [0.2, 0.25) is 5.91 Å². The van der Waals surface area contributed by atoms with Crippen LogP contribution in [0.5, 0.6) is 5.75 Å². The van der Waals surface area contributed by atoms with E-state index < -0.39 is 35.6 Å². The van der Waals surface area contributed by atoms with E-state index in [0.29, 0.717) is 17.3 Å². The first-order valence-electron chi connectivity index (χ1n) is 9.75. The van der Waals surface area contributed by atoms with Crippen molar-refractivity contribution >= 4 is 17.2 Å².